The Labute approximate surface area is 111 Å². The van der Waals surface area contributed by atoms with E-state index in [1.54, 1.807) is 38.1 Å². The van der Waals surface area contributed by atoms with Crippen LogP contribution in [0.15, 0.2) is 35.4 Å². The maximum Gasteiger partial charge on any atom is 0.265 e. The number of para-hydroxylation sites is 1. The summed E-state index contributed by atoms with van der Waals surface area (Å²) >= 11 is 0. The molecule has 0 aliphatic heterocycles. The van der Waals surface area contributed by atoms with Crippen LogP contribution < -0.4 is 4.72 Å². The third-order valence-electron chi connectivity index (χ3n) is 2.73. The number of nitrogens with one attached hydrogen (secondary N) is 2. The Hall–Kier alpha value is -1.86. The fourth-order valence-corrected chi connectivity index (χ4v) is 2.99. The van der Waals surface area contributed by atoms with Crippen molar-refractivity contribution in [3.63, 3.8) is 0 Å². The summed E-state index contributed by atoms with van der Waals surface area (Å²) in [5, 5.41) is 15.9. The molecule has 0 bridgehead atoms. The van der Waals surface area contributed by atoms with Crippen LogP contribution in [-0.2, 0) is 10.0 Å². The van der Waals surface area contributed by atoms with Crippen molar-refractivity contribution in [1.29, 1.82) is 0 Å². The second-order valence-corrected chi connectivity index (χ2v) is 5.88. The van der Waals surface area contributed by atoms with E-state index in [1.165, 1.54) is 6.20 Å². The monoisotopic (exact) mass is 281 g/mol. The van der Waals surface area contributed by atoms with Crippen LogP contribution in [0.4, 0.5) is 5.69 Å². The van der Waals surface area contributed by atoms with Gasteiger partial charge in [-0.1, -0.05) is 18.2 Å². The number of H-pyrrole nitrogens is 1. The summed E-state index contributed by atoms with van der Waals surface area (Å²) < 4.78 is 26.9. The van der Waals surface area contributed by atoms with E-state index in [-0.39, 0.29) is 4.90 Å². The molecule has 0 aliphatic carbocycles. The van der Waals surface area contributed by atoms with Crippen LogP contribution in [-0.4, -0.2) is 23.7 Å². The minimum atomic E-state index is -3.71. The van der Waals surface area contributed by atoms with Crippen molar-refractivity contribution >= 4 is 15.7 Å². The average Bonchev–Trinajstić information content (AvgIpc) is 2.76. The SMILES string of the molecule is Cc1[nH]ncc1S(=O)(=O)Nc1ccccc1C(C)O. The van der Waals surface area contributed by atoms with Gasteiger partial charge >= 0.3 is 0 Å². The molecule has 1 heterocycles. The van der Waals surface area contributed by atoms with Crippen LogP contribution in [0.1, 0.15) is 24.3 Å². The van der Waals surface area contributed by atoms with Gasteiger partial charge in [0.2, 0.25) is 0 Å². The van der Waals surface area contributed by atoms with E-state index in [4.69, 9.17) is 0 Å². The van der Waals surface area contributed by atoms with E-state index in [0.717, 1.165) is 0 Å². The molecule has 0 saturated carbocycles. The first-order valence-electron chi connectivity index (χ1n) is 5.71. The first kappa shape index (κ1) is 13.6. The number of nitrogens with zero attached hydrogens (tertiary/aromatic N) is 1. The first-order chi connectivity index (χ1) is 8.92. The van der Waals surface area contributed by atoms with Crippen molar-refractivity contribution < 1.29 is 13.5 Å². The minimum absolute atomic E-state index is 0.0906. The van der Waals surface area contributed by atoms with Crippen LogP contribution in [0, 0.1) is 6.92 Å². The lowest BCUT2D eigenvalue weighted by atomic mass is 10.1. The minimum Gasteiger partial charge on any atom is -0.389 e. The van der Waals surface area contributed by atoms with Crippen LogP contribution in [0.5, 0.6) is 0 Å². The molecule has 0 saturated heterocycles. The molecular formula is C12H15N3O3S. The lowest BCUT2D eigenvalue weighted by Crippen LogP contribution is -2.15. The molecule has 7 heteroatoms. The summed E-state index contributed by atoms with van der Waals surface area (Å²) in [6.07, 6.45) is 0.493. The van der Waals surface area contributed by atoms with Crippen LogP contribution >= 0.6 is 0 Å². The Morgan fingerprint density at radius 2 is 2.05 bits per heavy atom. The van der Waals surface area contributed by atoms with Crippen molar-refractivity contribution in [3.05, 3.63) is 41.7 Å². The number of benzene rings is 1. The van der Waals surface area contributed by atoms with Gasteiger partial charge in [-0.2, -0.15) is 5.10 Å². The van der Waals surface area contributed by atoms with Crippen molar-refractivity contribution in [3.8, 4) is 0 Å². The number of aryl methyl sites for hydroxylation is 1. The van der Waals surface area contributed by atoms with Gasteiger partial charge in [0, 0.05) is 5.56 Å². The first-order valence-corrected chi connectivity index (χ1v) is 7.20. The Bertz CT molecular complexity index is 677. The molecule has 1 aromatic heterocycles. The summed E-state index contributed by atoms with van der Waals surface area (Å²) in [7, 11) is -3.71. The van der Waals surface area contributed by atoms with Crippen molar-refractivity contribution in [2.45, 2.75) is 24.8 Å². The summed E-state index contributed by atoms with van der Waals surface area (Å²) in [5.41, 5.74) is 1.34. The highest BCUT2D eigenvalue weighted by atomic mass is 32.2. The van der Waals surface area contributed by atoms with Gasteiger partial charge in [-0.05, 0) is 19.9 Å². The van der Waals surface area contributed by atoms with Crippen molar-refractivity contribution in [2.75, 3.05) is 4.72 Å². The molecule has 2 rings (SSSR count). The highest BCUT2D eigenvalue weighted by molar-refractivity contribution is 7.92. The molecule has 0 amide bonds. The number of hydrogen-bond donors (Lipinski definition) is 3. The quantitative estimate of drug-likeness (QED) is 0.792. The van der Waals surface area contributed by atoms with E-state index in [9.17, 15) is 13.5 Å². The number of aliphatic hydroxyl groups is 1. The maximum atomic E-state index is 12.2. The van der Waals surface area contributed by atoms with E-state index >= 15 is 0 Å². The molecular weight excluding hydrogens is 266 g/mol. The zero-order chi connectivity index (χ0) is 14.0. The Morgan fingerprint density at radius 3 is 2.63 bits per heavy atom. The topological polar surface area (TPSA) is 95.1 Å². The van der Waals surface area contributed by atoms with E-state index in [0.29, 0.717) is 16.9 Å². The number of aliphatic hydroxyl groups excluding tert-OH is 1. The molecule has 0 fully saturated rings. The highest BCUT2D eigenvalue weighted by Gasteiger charge is 2.20. The zero-order valence-corrected chi connectivity index (χ0v) is 11.4. The summed E-state index contributed by atoms with van der Waals surface area (Å²) in [6, 6.07) is 6.72. The van der Waals surface area contributed by atoms with E-state index in [2.05, 4.69) is 14.9 Å². The molecule has 0 aliphatic rings. The fourth-order valence-electron chi connectivity index (χ4n) is 1.76. The van der Waals surface area contributed by atoms with Gasteiger partial charge in [-0.15, -0.1) is 0 Å². The molecule has 1 aromatic carbocycles. The molecule has 1 atom stereocenters. The van der Waals surface area contributed by atoms with E-state index in [1.807, 2.05) is 0 Å². The number of sulfonamides is 1. The number of aromatic amines is 1. The third kappa shape index (κ3) is 2.77. The van der Waals surface area contributed by atoms with Gasteiger partial charge in [-0.3, -0.25) is 9.82 Å². The van der Waals surface area contributed by atoms with Gasteiger partial charge in [0.05, 0.1) is 23.7 Å². The molecule has 1 unspecified atom stereocenters. The zero-order valence-electron chi connectivity index (χ0n) is 10.6. The van der Waals surface area contributed by atoms with Crippen LogP contribution in [0.2, 0.25) is 0 Å². The predicted octanol–water partition coefficient (Wildman–Crippen LogP) is 1.57. The molecule has 3 N–H and O–H groups in total. The molecule has 19 heavy (non-hydrogen) atoms. The lowest BCUT2D eigenvalue weighted by molar-refractivity contribution is 0.200. The molecule has 0 radical (unpaired) electrons. The van der Waals surface area contributed by atoms with Gasteiger partial charge in [0.1, 0.15) is 4.90 Å². The normalized spacial score (nSPS) is 13.2. The molecule has 102 valence electrons. The number of anilines is 1. The Kier molecular flexibility index (Phi) is 3.59. The molecule has 2 aromatic rings. The lowest BCUT2D eigenvalue weighted by Gasteiger charge is -2.13. The molecule has 0 spiro atoms. The molecule has 6 nitrogen and oxygen atoms in total. The second kappa shape index (κ2) is 5.02. The highest BCUT2D eigenvalue weighted by Crippen LogP contribution is 2.25. The summed E-state index contributed by atoms with van der Waals surface area (Å²) in [6.45, 7) is 3.21. The number of rotatable bonds is 4. The van der Waals surface area contributed by atoms with Gasteiger partial charge in [0.25, 0.3) is 10.0 Å². The summed E-state index contributed by atoms with van der Waals surface area (Å²) in [4.78, 5) is 0.0906. The second-order valence-electron chi connectivity index (χ2n) is 4.23. The largest absolute Gasteiger partial charge is 0.389 e. The predicted molar refractivity (Wildman–Crippen MR) is 71.2 cm³/mol. The fraction of sp³-hybridized carbons (Fsp3) is 0.250. The third-order valence-corrected chi connectivity index (χ3v) is 4.21. The van der Waals surface area contributed by atoms with Crippen molar-refractivity contribution in [2.24, 2.45) is 0 Å². The van der Waals surface area contributed by atoms with Gasteiger partial charge < -0.3 is 5.11 Å². The summed E-state index contributed by atoms with van der Waals surface area (Å²) in [5.74, 6) is 0. The average molecular weight is 281 g/mol. The maximum absolute atomic E-state index is 12.2. The Balaban J connectivity index is 2.39. The van der Waals surface area contributed by atoms with Gasteiger partial charge in [0.15, 0.2) is 0 Å². The Morgan fingerprint density at radius 1 is 1.37 bits per heavy atom. The van der Waals surface area contributed by atoms with Crippen LogP contribution in [0.25, 0.3) is 0 Å². The number of hydrogen-bond acceptors (Lipinski definition) is 4. The van der Waals surface area contributed by atoms with Crippen molar-refractivity contribution in [1.82, 2.24) is 10.2 Å². The van der Waals surface area contributed by atoms with E-state index < -0.39 is 16.1 Å². The standard InChI is InChI=1S/C12H15N3O3S/c1-8-12(7-13-14-8)19(17,18)15-11-6-4-3-5-10(11)9(2)16/h3-7,9,15-16H,1-2H3,(H,13,14). The smallest absolute Gasteiger partial charge is 0.265 e. The van der Waals surface area contributed by atoms with Crippen LogP contribution in [0.3, 0.4) is 0 Å². The number of aromatic nitrogens is 2. The van der Waals surface area contributed by atoms with Gasteiger partial charge in [-0.25, -0.2) is 8.42 Å².